The summed E-state index contributed by atoms with van der Waals surface area (Å²) in [5, 5.41) is 8.68. The maximum atomic E-state index is 10.6. The minimum absolute atomic E-state index is 0.140. The van der Waals surface area contributed by atoms with Crippen LogP contribution in [0, 0.1) is 0 Å². The molecule has 7 heteroatoms. The van der Waals surface area contributed by atoms with E-state index in [4.69, 9.17) is 19.0 Å². The molecule has 1 N–H and O–H groups in total. The third-order valence-corrected chi connectivity index (χ3v) is 2.66. The summed E-state index contributed by atoms with van der Waals surface area (Å²) in [5.41, 5.74) is -0.213. The van der Waals surface area contributed by atoms with Gasteiger partial charge in [-0.15, -0.1) is 0 Å². The average Bonchev–Trinajstić information content (AvgIpc) is 2.80. The number of halogens is 1. The van der Waals surface area contributed by atoms with E-state index in [0.717, 1.165) is 6.26 Å². The largest absolute Gasteiger partial charge is 0.497 e. The summed E-state index contributed by atoms with van der Waals surface area (Å²) in [4.78, 5) is 14.3. The second kappa shape index (κ2) is 5.09. The number of hydrogen-bond donors (Lipinski definition) is 1. The van der Waals surface area contributed by atoms with Gasteiger partial charge < -0.3 is 19.0 Å². The van der Waals surface area contributed by atoms with Gasteiger partial charge in [0, 0.05) is 0 Å². The molecule has 0 unspecified atom stereocenters. The Morgan fingerprint density at radius 2 is 2.28 bits per heavy atom. The van der Waals surface area contributed by atoms with E-state index in [0.29, 0.717) is 16.0 Å². The molecule has 0 atom stereocenters. The fraction of sp³-hybridized carbons (Fsp3) is 0.0909. The Hall–Kier alpha value is -2.02. The molecule has 0 amide bonds. The SMILES string of the molecule is COc1ccc(Oc2nc(C(=O)O)co2)c(Br)c1. The van der Waals surface area contributed by atoms with Crippen molar-refractivity contribution in [1.29, 1.82) is 0 Å². The molecule has 94 valence electrons. The molecular weight excluding hydrogens is 306 g/mol. The van der Waals surface area contributed by atoms with E-state index in [-0.39, 0.29) is 11.8 Å². The van der Waals surface area contributed by atoms with Gasteiger partial charge in [-0.05, 0) is 34.1 Å². The number of nitrogens with zero attached hydrogens (tertiary/aromatic N) is 1. The quantitative estimate of drug-likeness (QED) is 0.934. The Morgan fingerprint density at radius 3 is 2.83 bits per heavy atom. The third kappa shape index (κ3) is 2.62. The van der Waals surface area contributed by atoms with Crippen molar-refractivity contribution >= 4 is 21.9 Å². The highest BCUT2D eigenvalue weighted by atomic mass is 79.9. The van der Waals surface area contributed by atoms with Crippen LogP contribution in [0.3, 0.4) is 0 Å². The lowest BCUT2D eigenvalue weighted by Gasteiger charge is -2.05. The first kappa shape index (κ1) is 12.4. The van der Waals surface area contributed by atoms with E-state index in [1.165, 1.54) is 0 Å². The zero-order valence-corrected chi connectivity index (χ0v) is 10.8. The van der Waals surface area contributed by atoms with Crippen LogP contribution in [-0.2, 0) is 0 Å². The van der Waals surface area contributed by atoms with Gasteiger partial charge in [0.15, 0.2) is 5.69 Å². The molecule has 0 aliphatic rings. The Kier molecular flexibility index (Phi) is 3.52. The number of methoxy groups -OCH3 is 1. The Bertz CT molecular complexity index is 581. The van der Waals surface area contributed by atoms with E-state index in [9.17, 15) is 4.79 Å². The molecule has 0 saturated carbocycles. The predicted octanol–water partition coefficient (Wildman–Crippen LogP) is 2.94. The van der Waals surface area contributed by atoms with Crippen LogP contribution in [0.2, 0.25) is 0 Å². The van der Waals surface area contributed by atoms with E-state index in [2.05, 4.69) is 20.9 Å². The average molecular weight is 314 g/mol. The lowest BCUT2D eigenvalue weighted by atomic mass is 10.3. The number of oxazole rings is 1. The number of hydrogen-bond acceptors (Lipinski definition) is 5. The van der Waals surface area contributed by atoms with Crippen molar-refractivity contribution in [2.24, 2.45) is 0 Å². The summed E-state index contributed by atoms with van der Waals surface area (Å²) in [6, 6.07) is 5.05. The summed E-state index contributed by atoms with van der Waals surface area (Å²) in [6.07, 6.45) is 0.869. The van der Waals surface area contributed by atoms with E-state index in [1.54, 1.807) is 25.3 Å². The number of ether oxygens (including phenoxy) is 2. The van der Waals surface area contributed by atoms with Crippen LogP contribution in [0.1, 0.15) is 10.5 Å². The lowest BCUT2D eigenvalue weighted by molar-refractivity contribution is 0.0690. The summed E-state index contributed by atoms with van der Waals surface area (Å²) < 4.78 is 15.8. The topological polar surface area (TPSA) is 81.8 Å². The number of aromatic nitrogens is 1. The highest BCUT2D eigenvalue weighted by Gasteiger charge is 2.13. The van der Waals surface area contributed by atoms with Crippen molar-refractivity contribution in [3.05, 3.63) is 34.6 Å². The minimum atomic E-state index is -1.18. The number of carbonyl (C=O) groups is 1. The van der Waals surface area contributed by atoms with E-state index in [1.807, 2.05) is 0 Å². The lowest BCUT2D eigenvalue weighted by Crippen LogP contribution is -1.96. The molecule has 2 aromatic rings. The fourth-order valence-electron chi connectivity index (χ4n) is 1.19. The van der Waals surface area contributed by atoms with Gasteiger partial charge in [0.2, 0.25) is 0 Å². The van der Waals surface area contributed by atoms with Crippen LogP contribution in [0.4, 0.5) is 0 Å². The second-order valence-corrected chi connectivity index (χ2v) is 4.06. The normalized spacial score (nSPS) is 10.1. The first-order valence-electron chi connectivity index (χ1n) is 4.80. The summed E-state index contributed by atoms with van der Waals surface area (Å²) >= 11 is 3.29. The molecule has 1 aromatic carbocycles. The predicted molar refractivity (Wildman–Crippen MR) is 64.2 cm³/mol. The smallest absolute Gasteiger partial charge is 0.399 e. The van der Waals surface area contributed by atoms with Crippen molar-refractivity contribution in [2.75, 3.05) is 7.11 Å². The molecule has 6 nitrogen and oxygen atoms in total. The van der Waals surface area contributed by atoms with Crippen LogP contribution in [0.25, 0.3) is 0 Å². The van der Waals surface area contributed by atoms with Gasteiger partial charge in [0.05, 0.1) is 11.6 Å². The van der Waals surface area contributed by atoms with Gasteiger partial charge in [-0.2, -0.15) is 4.98 Å². The molecule has 0 bridgehead atoms. The van der Waals surface area contributed by atoms with Crippen LogP contribution < -0.4 is 9.47 Å². The van der Waals surface area contributed by atoms with Gasteiger partial charge in [0.1, 0.15) is 17.8 Å². The van der Waals surface area contributed by atoms with Crippen molar-refractivity contribution in [2.45, 2.75) is 0 Å². The van der Waals surface area contributed by atoms with Gasteiger partial charge in [0.25, 0.3) is 0 Å². The molecule has 0 saturated heterocycles. The maximum absolute atomic E-state index is 10.6. The minimum Gasteiger partial charge on any atom is -0.497 e. The molecular formula is C11H8BrNO5. The zero-order valence-electron chi connectivity index (χ0n) is 9.21. The first-order chi connectivity index (χ1) is 8.60. The number of carboxylic acids is 1. The summed E-state index contributed by atoms with van der Waals surface area (Å²) in [6.45, 7) is 0. The highest BCUT2D eigenvalue weighted by Crippen LogP contribution is 2.32. The summed E-state index contributed by atoms with van der Waals surface area (Å²) in [5.74, 6) is -0.0789. The van der Waals surface area contributed by atoms with Crippen molar-refractivity contribution in [3.63, 3.8) is 0 Å². The Labute approximate surface area is 110 Å². The van der Waals surface area contributed by atoms with Crippen LogP contribution in [0.15, 0.2) is 33.4 Å². The zero-order chi connectivity index (χ0) is 13.1. The highest BCUT2D eigenvalue weighted by molar-refractivity contribution is 9.10. The standard InChI is InChI=1S/C11H8BrNO5/c1-16-6-2-3-9(7(12)4-6)18-11-13-8(5-17-11)10(14)15/h2-5H,1H3,(H,14,15). The number of rotatable bonds is 4. The fourth-order valence-corrected chi connectivity index (χ4v) is 1.63. The Balaban J connectivity index is 2.20. The third-order valence-electron chi connectivity index (χ3n) is 2.04. The summed E-state index contributed by atoms with van der Waals surface area (Å²) in [7, 11) is 1.55. The molecule has 0 fully saturated rings. The molecule has 18 heavy (non-hydrogen) atoms. The molecule has 1 aromatic heterocycles. The first-order valence-corrected chi connectivity index (χ1v) is 5.59. The van der Waals surface area contributed by atoms with Crippen molar-refractivity contribution in [1.82, 2.24) is 4.98 Å². The van der Waals surface area contributed by atoms with Gasteiger partial charge in [-0.1, -0.05) is 0 Å². The monoisotopic (exact) mass is 313 g/mol. The number of aromatic carboxylic acids is 1. The number of carboxylic acid groups (broad SMARTS) is 1. The maximum Gasteiger partial charge on any atom is 0.399 e. The number of benzene rings is 1. The van der Waals surface area contributed by atoms with Gasteiger partial charge in [-0.25, -0.2) is 4.79 Å². The second-order valence-electron chi connectivity index (χ2n) is 3.20. The molecule has 0 aliphatic heterocycles. The van der Waals surface area contributed by atoms with Crippen LogP contribution >= 0.6 is 15.9 Å². The molecule has 2 rings (SSSR count). The van der Waals surface area contributed by atoms with Gasteiger partial charge >= 0.3 is 12.0 Å². The molecule has 0 spiro atoms. The Morgan fingerprint density at radius 1 is 1.50 bits per heavy atom. The van der Waals surface area contributed by atoms with Crippen molar-refractivity contribution in [3.8, 4) is 17.6 Å². The van der Waals surface area contributed by atoms with Crippen LogP contribution in [-0.4, -0.2) is 23.2 Å². The van der Waals surface area contributed by atoms with E-state index < -0.39 is 5.97 Å². The molecule has 0 radical (unpaired) electrons. The van der Waals surface area contributed by atoms with Crippen molar-refractivity contribution < 1.29 is 23.8 Å². The molecule has 1 heterocycles. The molecule has 0 aliphatic carbocycles. The van der Waals surface area contributed by atoms with E-state index >= 15 is 0 Å². The van der Waals surface area contributed by atoms with Crippen LogP contribution in [0.5, 0.6) is 17.6 Å². The van der Waals surface area contributed by atoms with Gasteiger partial charge in [-0.3, -0.25) is 0 Å².